The van der Waals surface area contributed by atoms with E-state index in [1.807, 2.05) is 37.3 Å². The van der Waals surface area contributed by atoms with Crippen LogP contribution in [0.15, 0.2) is 47.6 Å². The van der Waals surface area contributed by atoms with Crippen molar-refractivity contribution in [2.24, 2.45) is 0 Å². The van der Waals surface area contributed by atoms with Gasteiger partial charge in [0.1, 0.15) is 5.75 Å². The van der Waals surface area contributed by atoms with Crippen molar-refractivity contribution in [3.8, 4) is 17.1 Å². The van der Waals surface area contributed by atoms with Crippen LogP contribution in [0.25, 0.3) is 11.4 Å². The molecule has 0 amide bonds. The Morgan fingerprint density at radius 2 is 1.96 bits per heavy atom. The molecule has 0 unspecified atom stereocenters. The number of Topliss-reactive ketones (excluding diaryl/α,β-unsaturated/α-hetero) is 1. The molecule has 3 rings (SSSR count). The first-order chi connectivity index (χ1) is 12.6. The average molecular weight is 367 g/mol. The highest BCUT2D eigenvalue weighted by Gasteiger charge is 2.15. The Morgan fingerprint density at radius 1 is 1.19 bits per heavy atom. The maximum atomic E-state index is 12.5. The fourth-order valence-electron chi connectivity index (χ4n) is 2.59. The van der Waals surface area contributed by atoms with E-state index in [2.05, 4.69) is 34.2 Å². The number of hydrogen-bond donors (Lipinski definition) is 1. The second-order valence-corrected chi connectivity index (χ2v) is 6.88. The summed E-state index contributed by atoms with van der Waals surface area (Å²) < 4.78 is 5.29. The zero-order valence-electron chi connectivity index (χ0n) is 15.1. The molecule has 0 fully saturated rings. The van der Waals surface area contributed by atoms with Crippen LogP contribution >= 0.6 is 11.8 Å². The molecule has 26 heavy (non-hydrogen) atoms. The van der Waals surface area contributed by atoms with Crippen molar-refractivity contribution in [3.05, 3.63) is 59.2 Å². The first-order valence-electron chi connectivity index (χ1n) is 8.43. The van der Waals surface area contributed by atoms with Crippen molar-refractivity contribution in [2.75, 3.05) is 12.9 Å². The smallest absolute Gasteiger partial charge is 0.209 e. The Balaban J connectivity index is 1.68. The summed E-state index contributed by atoms with van der Waals surface area (Å²) in [6.07, 6.45) is 1.00. The third-order valence-corrected chi connectivity index (χ3v) is 4.94. The molecule has 1 N–H and O–H groups in total. The summed E-state index contributed by atoms with van der Waals surface area (Å²) in [7, 11) is 1.57. The molecule has 0 aliphatic heterocycles. The van der Waals surface area contributed by atoms with Gasteiger partial charge in [-0.1, -0.05) is 54.6 Å². The van der Waals surface area contributed by atoms with E-state index in [9.17, 15) is 4.79 Å². The highest BCUT2D eigenvalue weighted by molar-refractivity contribution is 7.99. The minimum Gasteiger partial charge on any atom is -0.496 e. The maximum Gasteiger partial charge on any atom is 0.209 e. The molecular weight excluding hydrogens is 346 g/mol. The van der Waals surface area contributed by atoms with E-state index in [0.29, 0.717) is 22.3 Å². The molecule has 0 bridgehead atoms. The Kier molecular flexibility index (Phi) is 5.73. The second-order valence-electron chi connectivity index (χ2n) is 5.93. The van der Waals surface area contributed by atoms with Gasteiger partial charge in [0.25, 0.3) is 0 Å². The third kappa shape index (κ3) is 4.14. The normalized spacial score (nSPS) is 10.7. The molecule has 0 radical (unpaired) electrons. The summed E-state index contributed by atoms with van der Waals surface area (Å²) in [4.78, 5) is 17.0. The summed E-state index contributed by atoms with van der Waals surface area (Å²) in [5.74, 6) is 1.55. The minimum absolute atomic E-state index is 0.00537. The van der Waals surface area contributed by atoms with Crippen molar-refractivity contribution in [1.29, 1.82) is 0 Å². The molecular formula is C20H21N3O2S. The van der Waals surface area contributed by atoms with E-state index in [4.69, 9.17) is 4.74 Å². The lowest BCUT2D eigenvalue weighted by Crippen LogP contribution is -2.05. The van der Waals surface area contributed by atoms with Crippen LogP contribution in [-0.2, 0) is 6.42 Å². The largest absolute Gasteiger partial charge is 0.496 e. The predicted octanol–water partition coefficient (Wildman–Crippen LogP) is 4.33. The fraction of sp³-hybridized carbons (Fsp3) is 0.250. The van der Waals surface area contributed by atoms with Gasteiger partial charge in [0.2, 0.25) is 5.16 Å². The lowest BCUT2D eigenvalue weighted by atomic mass is 10.1. The van der Waals surface area contributed by atoms with Gasteiger partial charge in [-0.05, 0) is 31.0 Å². The number of carbonyl (C=O) groups excluding carboxylic acids is 1. The summed E-state index contributed by atoms with van der Waals surface area (Å²) in [6, 6.07) is 13.8. The van der Waals surface area contributed by atoms with Crippen molar-refractivity contribution in [3.63, 3.8) is 0 Å². The van der Waals surface area contributed by atoms with Gasteiger partial charge in [-0.2, -0.15) is 0 Å². The average Bonchev–Trinajstić information content (AvgIpc) is 3.15. The maximum absolute atomic E-state index is 12.5. The molecule has 1 heterocycles. The number of H-pyrrole nitrogens is 1. The number of nitrogens with zero attached hydrogens (tertiary/aromatic N) is 2. The first kappa shape index (κ1) is 18.2. The van der Waals surface area contributed by atoms with Gasteiger partial charge in [0.05, 0.1) is 18.4 Å². The van der Waals surface area contributed by atoms with E-state index in [0.717, 1.165) is 17.5 Å². The number of ketones is 1. The highest BCUT2D eigenvalue weighted by atomic mass is 32.2. The Hall–Kier alpha value is -2.60. The summed E-state index contributed by atoms with van der Waals surface area (Å²) >= 11 is 1.31. The number of aromatic amines is 1. The van der Waals surface area contributed by atoms with Crippen LogP contribution in [0.3, 0.4) is 0 Å². The molecule has 5 nitrogen and oxygen atoms in total. The predicted molar refractivity (Wildman–Crippen MR) is 104 cm³/mol. The Morgan fingerprint density at radius 3 is 2.65 bits per heavy atom. The molecule has 1 aromatic heterocycles. The number of ether oxygens (including phenoxy) is 1. The molecule has 134 valence electrons. The van der Waals surface area contributed by atoms with E-state index < -0.39 is 0 Å². The number of thioether (sulfide) groups is 1. The van der Waals surface area contributed by atoms with Gasteiger partial charge in [-0.3, -0.25) is 9.89 Å². The van der Waals surface area contributed by atoms with Crippen molar-refractivity contribution in [2.45, 2.75) is 25.4 Å². The van der Waals surface area contributed by atoms with E-state index in [1.54, 1.807) is 7.11 Å². The SMILES string of the molecule is CCc1ccc(-c2nc(SCC(=O)c3cc(C)ccc3OC)n[nH]2)cc1. The van der Waals surface area contributed by atoms with E-state index in [-0.39, 0.29) is 11.5 Å². The van der Waals surface area contributed by atoms with Crippen LogP contribution in [0.2, 0.25) is 0 Å². The third-order valence-electron chi connectivity index (χ3n) is 4.09. The molecule has 0 aliphatic carbocycles. The van der Waals surface area contributed by atoms with Crippen LogP contribution in [0.4, 0.5) is 0 Å². The molecule has 0 aliphatic rings. The monoisotopic (exact) mass is 367 g/mol. The number of nitrogens with one attached hydrogen (secondary N) is 1. The van der Waals surface area contributed by atoms with Gasteiger partial charge in [0.15, 0.2) is 11.6 Å². The van der Waals surface area contributed by atoms with Crippen LogP contribution in [0.1, 0.15) is 28.4 Å². The molecule has 2 aromatic carbocycles. The van der Waals surface area contributed by atoms with Crippen LogP contribution in [0.5, 0.6) is 5.75 Å². The minimum atomic E-state index is -0.00537. The number of aryl methyl sites for hydroxylation is 2. The molecule has 0 spiro atoms. The van der Waals surface area contributed by atoms with Gasteiger partial charge in [-0.15, -0.1) is 5.10 Å². The number of rotatable bonds is 7. The molecule has 0 saturated heterocycles. The number of methoxy groups -OCH3 is 1. The van der Waals surface area contributed by atoms with Crippen molar-refractivity contribution < 1.29 is 9.53 Å². The van der Waals surface area contributed by atoms with Gasteiger partial charge >= 0.3 is 0 Å². The first-order valence-corrected chi connectivity index (χ1v) is 9.41. The van der Waals surface area contributed by atoms with E-state index in [1.165, 1.54) is 17.3 Å². The zero-order valence-corrected chi connectivity index (χ0v) is 15.9. The van der Waals surface area contributed by atoms with Crippen molar-refractivity contribution in [1.82, 2.24) is 15.2 Å². The van der Waals surface area contributed by atoms with Gasteiger partial charge in [0, 0.05) is 5.56 Å². The molecule has 6 heteroatoms. The quantitative estimate of drug-likeness (QED) is 0.497. The Labute approximate surface area is 157 Å². The lowest BCUT2D eigenvalue weighted by molar-refractivity contribution is 0.101. The van der Waals surface area contributed by atoms with Crippen LogP contribution < -0.4 is 4.74 Å². The van der Waals surface area contributed by atoms with E-state index >= 15 is 0 Å². The topological polar surface area (TPSA) is 67.9 Å². The standard InChI is InChI=1S/C20H21N3O2S/c1-4-14-6-8-15(9-7-14)19-21-20(23-22-19)26-12-17(24)16-11-13(2)5-10-18(16)25-3/h5-11H,4,12H2,1-3H3,(H,21,22,23). The summed E-state index contributed by atoms with van der Waals surface area (Å²) in [5.41, 5.74) is 3.87. The zero-order chi connectivity index (χ0) is 18.5. The second kappa shape index (κ2) is 8.19. The number of benzene rings is 2. The number of hydrogen-bond acceptors (Lipinski definition) is 5. The lowest BCUT2D eigenvalue weighted by Gasteiger charge is -2.07. The summed E-state index contributed by atoms with van der Waals surface area (Å²) in [5, 5.41) is 7.70. The number of aromatic nitrogens is 3. The van der Waals surface area contributed by atoms with Gasteiger partial charge in [-0.25, -0.2) is 4.98 Å². The molecule has 0 atom stereocenters. The molecule has 0 saturated carbocycles. The van der Waals surface area contributed by atoms with Crippen LogP contribution in [-0.4, -0.2) is 33.8 Å². The highest BCUT2D eigenvalue weighted by Crippen LogP contribution is 2.24. The fourth-order valence-corrected chi connectivity index (χ4v) is 3.27. The van der Waals surface area contributed by atoms with Gasteiger partial charge < -0.3 is 4.74 Å². The van der Waals surface area contributed by atoms with Crippen LogP contribution in [0, 0.1) is 6.92 Å². The Bertz CT molecular complexity index is 904. The van der Waals surface area contributed by atoms with Crippen molar-refractivity contribution >= 4 is 17.5 Å². The number of carbonyl (C=O) groups is 1. The summed E-state index contributed by atoms with van der Waals surface area (Å²) in [6.45, 7) is 4.08. The molecule has 3 aromatic rings.